The zero-order valence-electron chi connectivity index (χ0n) is 36.3. The van der Waals surface area contributed by atoms with Gasteiger partial charge in [-0.2, -0.15) is 0 Å². The Hall–Kier alpha value is -8.85. The highest BCUT2D eigenvalue weighted by molar-refractivity contribution is 7.99. The highest BCUT2D eigenvalue weighted by Gasteiger charge is 2.25. The van der Waals surface area contributed by atoms with Crippen molar-refractivity contribution in [1.82, 2.24) is 29.9 Å². The van der Waals surface area contributed by atoms with Crippen LogP contribution in [0.4, 0.5) is 0 Å². The number of benzene rings is 10. The van der Waals surface area contributed by atoms with Gasteiger partial charge >= 0.3 is 0 Å². The van der Waals surface area contributed by atoms with Crippen molar-refractivity contribution in [2.24, 2.45) is 0 Å². The molecule has 13 rings (SSSR count). The van der Waals surface area contributed by atoms with E-state index in [1.807, 2.05) is 109 Å². The van der Waals surface area contributed by atoms with Crippen LogP contribution in [0.25, 0.3) is 112 Å². The molecule has 0 amide bonds. The van der Waals surface area contributed by atoms with E-state index >= 15 is 0 Å². The van der Waals surface area contributed by atoms with Gasteiger partial charge in [-0.25, -0.2) is 29.9 Å². The molecule has 0 spiro atoms. The minimum Gasteiger partial charge on any atom is -0.454 e. The number of nitrogens with zero attached hydrogens (tertiary/aromatic N) is 6. The zero-order valence-corrected chi connectivity index (χ0v) is 37.1. The van der Waals surface area contributed by atoms with Crippen molar-refractivity contribution in [3.8, 4) is 91.0 Å². The maximum Gasteiger partial charge on any atom is 0.164 e. The molecule has 3 heterocycles. The Labute approximate surface area is 395 Å². The van der Waals surface area contributed by atoms with E-state index in [-0.39, 0.29) is 0 Å². The molecular formula is C60H36N6OS. The number of para-hydroxylation sites is 2. The lowest BCUT2D eigenvalue weighted by molar-refractivity contribution is 0.456. The largest absolute Gasteiger partial charge is 0.454 e. The first-order chi connectivity index (χ1) is 33.7. The van der Waals surface area contributed by atoms with Crippen LogP contribution in [0.1, 0.15) is 0 Å². The van der Waals surface area contributed by atoms with E-state index in [1.165, 1.54) is 26.9 Å². The van der Waals surface area contributed by atoms with Crippen LogP contribution in [-0.4, -0.2) is 29.9 Å². The number of aromatic nitrogens is 6. The summed E-state index contributed by atoms with van der Waals surface area (Å²) in [6, 6.07) is 74.7. The third-order valence-corrected chi connectivity index (χ3v) is 13.5. The summed E-state index contributed by atoms with van der Waals surface area (Å²) in [6.45, 7) is 0. The SMILES string of the molecule is c1ccc(-c2nc(-c3ccc(-c4cccc5c4Oc4ccccc4S5)c(-c4nc(-c5ccccc5)nc(-c5ccccc5)n4)c3)nc(-c3ccc4c5ccccc5c5ccccc5c4c3)n2)cc1. The van der Waals surface area contributed by atoms with Crippen molar-refractivity contribution < 1.29 is 4.74 Å². The van der Waals surface area contributed by atoms with E-state index < -0.39 is 0 Å². The Kier molecular flexibility index (Phi) is 9.61. The molecule has 2 aromatic heterocycles. The van der Waals surface area contributed by atoms with E-state index in [4.69, 9.17) is 34.6 Å². The monoisotopic (exact) mass is 888 g/mol. The van der Waals surface area contributed by atoms with Crippen LogP contribution in [0, 0.1) is 0 Å². The second-order valence-corrected chi connectivity index (χ2v) is 17.7. The van der Waals surface area contributed by atoms with Gasteiger partial charge in [0, 0.05) is 38.9 Å². The van der Waals surface area contributed by atoms with Gasteiger partial charge in [-0.1, -0.05) is 200 Å². The highest BCUT2D eigenvalue weighted by atomic mass is 32.2. The molecule has 0 saturated carbocycles. The van der Waals surface area contributed by atoms with Gasteiger partial charge in [0.25, 0.3) is 0 Å². The summed E-state index contributed by atoms with van der Waals surface area (Å²) < 4.78 is 6.76. The molecule has 7 nitrogen and oxygen atoms in total. The molecule has 68 heavy (non-hydrogen) atoms. The third kappa shape index (κ3) is 7.03. The molecule has 12 aromatic rings. The molecule has 10 aromatic carbocycles. The number of ether oxygens (including phenoxy) is 1. The normalized spacial score (nSPS) is 11.9. The molecule has 0 fully saturated rings. The summed E-state index contributed by atoms with van der Waals surface area (Å²) in [5.41, 5.74) is 6.87. The van der Waals surface area contributed by atoms with Crippen molar-refractivity contribution in [2.45, 2.75) is 9.79 Å². The quantitative estimate of drug-likeness (QED) is 0.146. The molecule has 0 aliphatic carbocycles. The Bertz CT molecular complexity index is 3830. The first-order valence-electron chi connectivity index (χ1n) is 22.4. The Morgan fingerprint density at radius 2 is 0.691 bits per heavy atom. The van der Waals surface area contributed by atoms with E-state index in [0.717, 1.165) is 71.2 Å². The molecule has 0 unspecified atom stereocenters. The predicted molar refractivity (Wildman–Crippen MR) is 274 cm³/mol. The van der Waals surface area contributed by atoms with Gasteiger partial charge in [-0.3, -0.25) is 0 Å². The van der Waals surface area contributed by atoms with Crippen molar-refractivity contribution in [3.05, 3.63) is 218 Å². The predicted octanol–water partition coefficient (Wildman–Crippen LogP) is 15.4. The molecular weight excluding hydrogens is 853 g/mol. The van der Waals surface area contributed by atoms with Crippen LogP contribution < -0.4 is 4.74 Å². The topological polar surface area (TPSA) is 86.6 Å². The smallest absolute Gasteiger partial charge is 0.164 e. The molecule has 0 N–H and O–H groups in total. The molecule has 0 atom stereocenters. The fraction of sp³-hybridized carbons (Fsp3) is 0. The molecule has 0 bridgehead atoms. The maximum absolute atomic E-state index is 6.76. The lowest BCUT2D eigenvalue weighted by atomic mass is 9.93. The summed E-state index contributed by atoms with van der Waals surface area (Å²) >= 11 is 1.70. The zero-order chi connectivity index (χ0) is 45.0. The number of hydrogen-bond acceptors (Lipinski definition) is 8. The van der Waals surface area contributed by atoms with Crippen LogP contribution >= 0.6 is 11.8 Å². The van der Waals surface area contributed by atoms with Crippen molar-refractivity contribution >= 4 is 44.1 Å². The molecule has 1 aliphatic heterocycles. The van der Waals surface area contributed by atoms with E-state index in [9.17, 15) is 0 Å². The average molecular weight is 889 g/mol. The van der Waals surface area contributed by atoms with Gasteiger partial charge in [0.15, 0.2) is 34.9 Å². The molecule has 318 valence electrons. The highest BCUT2D eigenvalue weighted by Crippen LogP contribution is 2.52. The van der Waals surface area contributed by atoms with Crippen LogP contribution in [0.2, 0.25) is 0 Å². The first kappa shape index (κ1) is 39.5. The fourth-order valence-electron chi connectivity index (χ4n) is 9.19. The molecule has 8 heteroatoms. The summed E-state index contributed by atoms with van der Waals surface area (Å²) in [7, 11) is 0. The number of fused-ring (bicyclic) bond motifs is 8. The standard InChI is InChI=1S/C60H36N6OS/c1-4-17-37(18-5-1)55-62-58(40-31-33-46-44-25-11-10-23-42(44)43-24-12-13-26-45(43)49(46)35-40)64-59(63-55)41-32-34-47(48-27-16-30-53-54(48)67-51-28-14-15-29-52(51)68-53)50(36-41)60-65-56(38-19-6-2-7-20-38)61-57(66-60)39-21-8-3-9-22-39/h1-36H. The van der Waals surface area contributed by atoms with Gasteiger partial charge in [0.05, 0.1) is 9.79 Å². The summed E-state index contributed by atoms with van der Waals surface area (Å²) in [4.78, 5) is 33.3. The molecule has 1 aliphatic rings. The van der Waals surface area contributed by atoms with Crippen molar-refractivity contribution in [2.75, 3.05) is 0 Å². The van der Waals surface area contributed by atoms with E-state index in [1.54, 1.807) is 11.8 Å². The van der Waals surface area contributed by atoms with Gasteiger partial charge in [0.2, 0.25) is 0 Å². The van der Waals surface area contributed by atoms with E-state index in [0.29, 0.717) is 34.9 Å². The summed E-state index contributed by atoms with van der Waals surface area (Å²) in [5, 5.41) is 7.14. The second kappa shape index (κ2) is 16.5. The lowest BCUT2D eigenvalue weighted by Crippen LogP contribution is -2.03. The van der Waals surface area contributed by atoms with Crippen LogP contribution in [0.3, 0.4) is 0 Å². The summed E-state index contributed by atoms with van der Waals surface area (Å²) in [5.74, 6) is 4.87. The third-order valence-electron chi connectivity index (χ3n) is 12.4. The Balaban J connectivity index is 1.04. The minimum atomic E-state index is 0.502. The second-order valence-electron chi connectivity index (χ2n) is 16.6. The van der Waals surface area contributed by atoms with E-state index in [2.05, 4.69) is 109 Å². The number of rotatable bonds is 7. The Morgan fingerprint density at radius 3 is 1.26 bits per heavy atom. The van der Waals surface area contributed by atoms with Gasteiger partial charge in [-0.15, -0.1) is 0 Å². The van der Waals surface area contributed by atoms with Crippen LogP contribution in [-0.2, 0) is 0 Å². The Morgan fingerprint density at radius 1 is 0.265 bits per heavy atom. The average Bonchev–Trinajstić information content (AvgIpc) is 3.42. The van der Waals surface area contributed by atoms with Gasteiger partial charge in [0.1, 0.15) is 11.5 Å². The van der Waals surface area contributed by atoms with Crippen molar-refractivity contribution in [3.63, 3.8) is 0 Å². The summed E-state index contributed by atoms with van der Waals surface area (Å²) in [6.07, 6.45) is 0. The van der Waals surface area contributed by atoms with Gasteiger partial charge < -0.3 is 4.74 Å². The van der Waals surface area contributed by atoms with Crippen LogP contribution in [0.5, 0.6) is 11.5 Å². The fourth-order valence-corrected chi connectivity index (χ4v) is 10.2. The minimum absolute atomic E-state index is 0.502. The van der Waals surface area contributed by atoms with Gasteiger partial charge in [-0.05, 0) is 68.2 Å². The molecule has 0 radical (unpaired) electrons. The lowest BCUT2D eigenvalue weighted by Gasteiger charge is -2.23. The number of hydrogen-bond donors (Lipinski definition) is 0. The maximum atomic E-state index is 6.76. The first-order valence-corrected chi connectivity index (χ1v) is 23.3. The molecule has 0 saturated heterocycles. The van der Waals surface area contributed by atoms with Crippen molar-refractivity contribution in [1.29, 1.82) is 0 Å². The van der Waals surface area contributed by atoms with Crippen LogP contribution in [0.15, 0.2) is 228 Å².